The number of anilines is 1. The van der Waals surface area contributed by atoms with E-state index in [9.17, 15) is 10.2 Å². The van der Waals surface area contributed by atoms with E-state index < -0.39 is 6.10 Å². The summed E-state index contributed by atoms with van der Waals surface area (Å²) >= 11 is 6.63. The molecule has 4 rings (SSSR count). The van der Waals surface area contributed by atoms with Crippen molar-refractivity contribution in [3.05, 3.63) is 82.6 Å². The highest BCUT2D eigenvalue weighted by atomic mass is 35.5. The highest BCUT2D eigenvalue weighted by molar-refractivity contribution is 6.33. The van der Waals surface area contributed by atoms with Crippen LogP contribution >= 0.6 is 11.6 Å². The molecule has 0 unspecified atom stereocenters. The van der Waals surface area contributed by atoms with Crippen LogP contribution in [0.5, 0.6) is 5.75 Å². The number of hydrogen-bond donors (Lipinski definition) is 3. The van der Waals surface area contributed by atoms with Crippen molar-refractivity contribution in [2.45, 2.75) is 40.0 Å². The van der Waals surface area contributed by atoms with Gasteiger partial charge in [0.1, 0.15) is 30.0 Å². The Balaban J connectivity index is 1.77. The van der Waals surface area contributed by atoms with Crippen molar-refractivity contribution in [1.82, 2.24) is 19.9 Å². The van der Waals surface area contributed by atoms with Gasteiger partial charge in [-0.15, -0.1) is 0 Å². The summed E-state index contributed by atoms with van der Waals surface area (Å²) in [5.41, 5.74) is 4.33. The van der Waals surface area contributed by atoms with Crippen molar-refractivity contribution in [3.8, 4) is 17.1 Å². The van der Waals surface area contributed by atoms with Crippen molar-refractivity contribution in [2.24, 2.45) is 0 Å². The normalized spacial score (nSPS) is 13.9. The Bertz CT molecular complexity index is 1410. The average molecular weight is 549 g/mol. The predicted octanol–water partition coefficient (Wildman–Crippen LogP) is 5.16. The number of ether oxygens (including phenoxy) is 1. The molecule has 1 aliphatic rings. The molecule has 0 fully saturated rings. The number of likely N-dealkylation sites (N-methyl/N-ethyl adjacent to an activating group) is 1. The molecule has 3 aromatic rings. The number of hydrogen-bond acceptors (Lipinski definition) is 9. The molecule has 0 saturated heterocycles. The van der Waals surface area contributed by atoms with E-state index in [0.717, 1.165) is 16.8 Å². The average Bonchev–Trinajstić information content (AvgIpc) is 3.33. The SMILES string of the molecule is C=CN(C)C[C@@H](O)COc1ccc(Cl)c(-c2nc(/C(C(C)=N)=C(\C)O)c(C)c(N3Cc4cccnc4C3)n2)c1. The lowest BCUT2D eigenvalue weighted by Gasteiger charge is -2.23. The molecule has 0 bridgehead atoms. The molecule has 1 aliphatic heterocycles. The number of aromatic nitrogens is 3. The van der Waals surface area contributed by atoms with Gasteiger partial charge in [0.25, 0.3) is 0 Å². The van der Waals surface area contributed by atoms with E-state index in [-0.39, 0.29) is 18.1 Å². The van der Waals surface area contributed by atoms with Gasteiger partial charge in [-0.1, -0.05) is 24.2 Å². The molecule has 204 valence electrons. The van der Waals surface area contributed by atoms with Crippen LogP contribution in [0.25, 0.3) is 17.0 Å². The number of pyridine rings is 1. The molecule has 2 aromatic heterocycles. The Labute approximate surface area is 233 Å². The summed E-state index contributed by atoms with van der Waals surface area (Å²) in [6.45, 7) is 10.4. The molecule has 1 aromatic carbocycles. The van der Waals surface area contributed by atoms with Crippen LogP contribution < -0.4 is 9.64 Å². The predicted molar refractivity (Wildman–Crippen MR) is 154 cm³/mol. The van der Waals surface area contributed by atoms with E-state index in [4.69, 9.17) is 31.7 Å². The second-order valence-electron chi connectivity index (χ2n) is 9.62. The van der Waals surface area contributed by atoms with Gasteiger partial charge < -0.3 is 30.2 Å². The van der Waals surface area contributed by atoms with E-state index in [1.165, 1.54) is 0 Å². The third-order valence-electron chi connectivity index (χ3n) is 6.51. The molecular formula is C29H33ClN6O3. The molecule has 3 N–H and O–H groups in total. The summed E-state index contributed by atoms with van der Waals surface area (Å²) in [5.74, 6) is 1.49. The van der Waals surface area contributed by atoms with Crippen molar-refractivity contribution in [1.29, 1.82) is 5.41 Å². The number of nitrogens with zero attached hydrogens (tertiary/aromatic N) is 5. The van der Waals surface area contributed by atoms with Gasteiger partial charge in [0, 0.05) is 43.2 Å². The fourth-order valence-corrected chi connectivity index (χ4v) is 4.77. The first-order valence-electron chi connectivity index (χ1n) is 12.5. The smallest absolute Gasteiger partial charge is 0.163 e. The summed E-state index contributed by atoms with van der Waals surface area (Å²) in [5, 5.41) is 29.5. The van der Waals surface area contributed by atoms with Gasteiger partial charge in [0.2, 0.25) is 0 Å². The summed E-state index contributed by atoms with van der Waals surface area (Å²) < 4.78 is 5.85. The number of fused-ring (bicyclic) bond motifs is 1. The minimum atomic E-state index is -0.720. The van der Waals surface area contributed by atoms with Gasteiger partial charge in [-0.2, -0.15) is 0 Å². The quantitative estimate of drug-likeness (QED) is 0.235. The third kappa shape index (κ3) is 6.21. The highest BCUT2D eigenvalue weighted by Gasteiger charge is 2.27. The Hall–Kier alpha value is -3.95. The first-order valence-corrected chi connectivity index (χ1v) is 12.9. The van der Waals surface area contributed by atoms with Gasteiger partial charge >= 0.3 is 0 Å². The van der Waals surface area contributed by atoms with Crippen LogP contribution in [0.4, 0.5) is 5.82 Å². The van der Waals surface area contributed by atoms with Crippen LogP contribution in [-0.2, 0) is 13.1 Å². The molecule has 0 amide bonds. The largest absolute Gasteiger partial charge is 0.512 e. The van der Waals surface area contributed by atoms with E-state index in [1.54, 1.807) is 49.3 Å². The van der Waals surface area contributed by atoms with E-state index in [2.05, 4.69) is 16.5 Å². The van der Waals surface area contributed by atoms with Crippen molar-refractivity contribution < 1.29 is 14.9 Å². The zero-order valence-electron chi connectivity index (χ0n) is 22.6. The Morgan fingerprint density at radius 1 is 1.28 bits per heavy atom. The summed E-state index contributed by atoms with van der Waals surface area (Å²) in [7, 11) is 1.82. The third-order valence-corrected chi connectivity index (χ3v) is 6.84. The van der Waals surface area contributed by atoms with Gasteiger partial charge in [-0.3, -0.25) is 4.98 Å². The topological polar surface area (TPSA) is 119 Å². The minimum absolute atomic E-state index is 0.00534. The van der Waals surface area contributed by atoms with Crippen LogP contribution in [0.15, 0.2) is 55.1 Å². The lowest BCUT2D eigenvalue weighted by Crippen LogP contribution is -2.30. The fraction of sp³-hybridized carbons (Fsp3) is 0.310. The van der Waals surface area contributed by atoms with Crippen molar-refractivity contribution >= 4 is 28.7 Å². The second-order valence-corrected chi connectivity index (χ2v) is 10.0. The lowest BCUT2D eigenvalue weighted by atomic mass is 10.0. The minimum Gasteiger partial charge on any atom is -0.512 e. The summed E-state index contributed by atoms with van der Waals surface area (Å²) in [4.78, 5) is 18.1. The number of aliphatic hydroxyl groups is 2. The number of halogens is 1. The second kappa shape index (κ2) is 11.8. The molecule has 1 atom stereocenters. The number of aliphatic hydroxyl groups excluding tert-OH is 2. The van der Waals surface area contributed by atoms with Gasteiger partial charge in [-0.25, -0.2) is 9.97 Å². The molecule has 0 saturated carbocycles. The van der Waals surface area contributed by atoms with Gasteiger partial charge in [0.15, 0.2) is 5.82 Å². The zero-order chi connectivity index (χ0) is 28.3. The number of nitrogens with one attached hydrogen (secondary N) is 1. The van der Waals surface area contributed by atoms with Crippen LogP contribution in [0.3, 0.4) is 0 Å². The summed E-state index contributed by atoms with van der Waals surface area (Å²) in [6, 6.07) is 9.11. The number of benzene rings is 1. The molecule has 3 heterocycles. The van der Waals surface area contributed by atoms with Gasteiger partial charge in [0.05, 0.1) is 28.5 Å². The Morgan fingerprint density at radius 2 is 2.05 bits per heavy atom. The maximum absolute atomic E-state index is 10.5. The van der Waals surface area contributed by atoms with Crippen molar-refractivity contribution in [3.63, 3.8) is 0 Å². The van der Waals surface area contributed by atoms with Crippen LogP contribution in [-0.4, -0.2) is 62.1 Å². The van der Waals surface area contributed by atoms with Crippen molar-refractivity contribution in [2.75, 3.05) is 25.1 Å². The monoisotopic (exact) mass is 548 g/mol. The first-order chi connectivity index (χ1) is 18.6. The van der Waals surface area contributed by atoms with E-state index in [1.807, 2.05) is 26.1 Å². The van der Waals surface area contributed by atoms with E-state index >= 15 is 0 Å². The maximum atomic E-state index is 10.5. The van der Waals surface area contributed by atoms with E-state index in [0.29, 0.717) is 58.9 Å². The number of allylic oxidation sites excluding steroid dienone is 2. The fourth-order valence-electron chi connectivity index (χ4n) is 4.56. The summed E-state index contributed by atoms with van der Waals surface area (Å²) in [6.07, 6.45) is 2.69. The standard InChI is InChI=1S/C29H33ClN6O3/c1-6-35(5)14-21(38)16-39-22-9-10-24(30)23(12-22)28-33-27(26(18(3)31)19(4)37)17(2)29(34-28)36-13-20-8-7-11-32-25(20)15-36/h6-12,21,31,37-38H,1,13-16H2,2-5H3/b26-19+,31-18?/t21-/m1/s1. The maximum Gasteiger partial charge on any atom is 0.163 e. The molecule has 10 heteroatoms. The van der Waals surface area contributed by atoms with Crippen LogP contribution in [0.2, 0.25) is 5.02 Å². The molecule has 39 heavy (non-hydrogen) atoms. The molecule has 9 nitrogen and oxygen atoms in total. The zero-order valence-corrected chi connectivity index (χ0v) is 23.3. The van der Waals surface area contributed by atoms with Crippen LogP contribution in [0, 0.1) is 12.3 Å². The number of rotatable bonds is 10. The molecular weight excluding hydrogens is 516 g/mol. The Kier molecular flexibility index (Phi) is 8.52. The lowest BCUT2D eigenvalue weighted by molar-refractivity contribution is 0.0876. The first kappa shape index (κ1) is 28.1. The highest BCUT2D eigenvalue weighted by Crippen LogP contribution is 2.36. The van der Waals surface area contributed by atoms with Gasteiger partial charge in [-0.05, 0) is 56.8 Å². The Morgan fingerprint density at radius 3 is 2.72 bits per heavy atom. The van der Waals surface area contributed by atoms with Crippen LogP contribution in [0.1, 0.15) is 36.4 Å². The molecule has 0 radical (unpaired) electrons. The molecule has 0 aliphatic carbocycles. The molecule has 0 spiro atoms.